The predicted octanol–water partition coefficient (Wildman–Crippen LogP) is 6.03. The first-order chi connectivity index (χ1) is 17.3. The third-order valence-corrected chi connectivity index (χ3v) is 7.57. The lowest BCUT2D eigenvalue weighted by atomic mass is 10.1. The van der Waals surface area contributed by atoms with Gasteiger partial charge in [0.05, 0.1) is 29.4 Å². The average Bonchev–Trinajstić information content (AvgIpc) is 3.41. The summed E-state index contributed by atoms with van der Waals surface area (Å²) in [6, 6.07) is 18.7. The molecule has 5 rings (SSSR count). The topological polar surface area (TPSA) is 57.6 Å². The van der Waals surface area contributed by atoms with Gasteiger partial charge in [0.2, 0.25) is 0 Å². The number of amides is 2. The van der Waals surface area contributed by atoms with Crippen molar-refractivity contribution in [2.75, 3.05) is 24.3 Å². The highest BCUT2D eigenvalue weighted by Gasteiger charge is 2.28. The lowest BCUT2D eigenvalue weighted by Gasteiger charge is -2.22. The number of hydrogen-bond donors (Lipinski definition) is 1. The molecular weight excluding hydrogens is 492 g/mol. The number of fused-ring (bicyclic) bond motifs is 2. The van der Waals surface area contributed by atoms with E-state index in [1.165, 1.54) is 5.69 Å². The van der Waals surface area contributed by atoms with Crippen molar-refractivity contribution < 1.29 is 9.59 Å². The first-order valence-electron chi connectivity index (χ1n) is 11.7. The third kappa shape index (κ3) is 4.69. The molecule has 0 fully saturated rings. The zero-order chi connectivity index (χ0) is 25.4. The van der Waals surface area contributed by atoms with Crippen LogP contribution in [0.25, 0.3) is 0 Å². The normalized spacial score (nSPS) is 12.8. The average molecular weight is 519 g/mol. The molecule has 0 bridgehead atoms. The van der Waals surface area contributed by atoms with Gasteiger partial charge in [-0.1, -0.05) is 29.8 Å². The molecule has 1 aliphatic rings. The fourth-order valence-corrected chi connectivity index (χ4v) is 5.69. The van der Waals surface area contributed by atoms with E-state index in [-0.39, 0.29) is 11.8 Å². The quantitative estimate of drug-likeness (QED) is 0.351. The number of nitrogens with zero attached hydrogens (tertiary/aromatic N) is 3. The van der Waals surface area contributed by atoms with Crippen LogP contribution in [0.5, 0.6) is 0 Å². The Bertz CT molecular complexity index is 1460. The Morgan fingerprint density at radius 2 is 1.83 bits per heavy atom. The summed E-state index contributed by atoms with van der Waals surface area (Å²) in [7, 11) is 4.11. The largest absolute Gasteiger partial charge is 0.340 e. The third-order valence-electron chi connectivity index (χ3n) is 6.37. The van der Waals surface area contributed by atoms with Crippen LogP contribution in [-0.4, -0.2) is 35.4 Å². The fourth-order valence-electron chi connectivity index (χ4n) is 4.56. The number of thiophene rings is 1. The SMILES string of the molecule is Cc1ccccc1C(=O)Nc1ccc(C(=O)N2Cc3ccc(CN(C)C)n3Cc3sccc32)c(Cl)c1. The van der Waals surface area contributed by atoms with Gasteiger partial charge in [-0.05, 0) is 74.4 Å². The molecule has 0 atom stereocenters. The highest BCUT2D eigenvalue weighted by Crippen LogP contribution is 2.35. The van der Waals surface area contributed by atoms with Crippen LogP contribution in [0.4, 0.5) is 11.4 Å². The number of carbonyl (C=O) groups excluding carboxylic acids is 2. The molecule has 4 aromatic rings. The van der Waals surface area contributed by atoms with Crippen LogP contribution in [0.1, 0.15) is 42.5 Å². The maximum absolute atomic E-state index is 13.8. The van der Waals surface area contributed by atoms with Crippen LogP contribution >= 0.6 is 22.9 Å². The van der Waals surface area contributed by atoms with Gasteiger partial charge < -0.3 is 19.7 Å². The minimum Gasteiger partial charge on any atom is -0.340 e. The summed E-state index contributed by atoms with van der Waals surface area (Å²) in [5.41, 5.74) is 5.64. The molecule has 0 spiro atoms. The van der Waals surface area contributed by atoms with Crippen molar-refractivity contribution in [1.82, 2.24) is 9.47 Å². The highest BCUT2D eigenvalue weighted by atomic mass is 35.5. The number of carbonyl (C=O) groups is 2. The predicted molar refractivity (Wildman–Crippen MR) is 146 cm³/mol. The molecule has 3 heterocycles. The maximum Gasteiger partial charge on any atom is 0.260 e. The van der Waals surface area contributed by atoms with Gasteiger partial charge in [-0.2, -0.15) is 0 Å². The molecule has 0 unspecified atom stereocenters. The number of anilines is 2. The lowest BCUT2D eigenvalue weighted by molar-refractivity contribution is 0.0984. The van der Waals surface area contributed by atoms with Gasteiger partial charge in [-0.25, -0.2) is 0 Å². The van der Waals surface area contributed by atoms with E-state index in [4.69, 9.17) is 11.6 Å². The standard InChI is InChI=1S/C28H27ClN4O2S/c1-18-6-4-5-7-22(18)27(34)30-19-8-11-23(24(29)14-19)28(35)33-16-21-10-9-20(15-31(2)3)32(21)17-26-25(33)12-13-36-26/h4-14H,15-17H2,1-3H3,(H,30,34). The summed E-state index contributed by atoms with van der Waals surface area (Å²) in [5.74, 6) is -0.381. The Kier molecular flexibility index (Phi) is 6.71. The fraction of sp³-hybridized carbons (Fsp3) is 0.214. The number of halogens is 1. The number of aromatic nitrogens is 1. The molecular formula is C28H27ClN4O2S. The van der Waals surface area contributed by atoms with Gasteiger partial charge >= 0.3 is 0 Å². The summed E-state index contributed by atoms with van der Waals surface area (Å²) in [6.45, 7) is 3.91. The summed E-state index contributed by atoms with van der Waals surface area (Å²) in [5, 5.41) is 5.21. The first-order valence-corrected chi connectivity index (χ1v) is 12.9. The summed E-state index contributed by atoms with van der Waals surface area (Å²) in [6.07, 6.45) is 0. The van der Waals surface area contributed by atoms with Crippen LogP contribution < -0.4 is 10.2 Å². The van der Waals surface area contributed by atoms with Gasteiger partial charge in [-0.3, -0.25) is 9.59 Å². The zero-order valence-corrected chi connectivity index (χ0v) is 22.0. The second-order valence-corrected chi connectivity index (χ2v) is 10.6. The van der Waals surface area contributed by atoms with Gasteiger partial charge in [0.15, 0.2) is 0 Å². The van der Waals surface area contributed by atoms with Crippen LogP contribution in [0.2, 0.25) is 5.02 Å². The van der Waals surface area contributed by atoms with E-state index in [0.29, 0.717) is 28.4 Å². The lowest BCUT2D eigenvalue weighted by Crippen LogP contribution is -2.30. The second-order valence-electron chi connectivity index (χ2n) is 9.22. The van der Waals surface area contributed by atoms with Crippen LogP contribution in [0.15, 0.2) is 66.0 Å². The van der Waals surface area contributed by atoms with Crippen molar-refractivity contribution in [1.29, 1.82) is 0 Å². The molecule has 8 heteroatoms. The Morgan fingerprint density at radius 1 is 1.03 bits per heavy atom. The van der Waals surface area contributed by atoms with Gasteiger partial charge in [0, 0.05) is 34.1 Å². The summed E-state index contributed by atoms with van der Waals surface area (Å²) in [4.78, 5) is 31.6. The molecule has 2 aromatic carbocycles. The van der Waals surface area contributed by atoms with Crippen molar-refractivity contribution >= 4 is 46.1 Å². The monoisotopic (exact) mass is 518 g/mol. The van der Waals surface area contributed by atoms with E-state index in [1.807, 2.05) is 36.6 Å². The number of benzene rings is 2. The van der Waals surface area contributed by atoms with Crippen LogP contribution in [0.3, 0.4) is 0 Å². The molecule has 6 nitrogen and oxygen atoms in total. The Balaban J connectivity index is 1.41. The Hall–Kier alpha value is -3.39. The van der Waals surface area contributed by atoms with Crippen molar-refractivity contribution in [2.45, 2.75) is 26.6 Å². The van der Waals surface area contributed by atoms with E-state index in [9.17, 15) is 9.59 Å². The van der Waals surface area contributed by atoms with Gasteiger partial charge in [-0.15, -0.1) is 11.3 Å². The van der Waals surface area contributed by atoms with Crippen LogP contribution in [0, 0.1) is 6.92 Å². The van der Waals surface area contributed by atoms with E-state index in [1.54, 1.807) is 40.5 Å². The number of aryl methyl sites for hydroxylation is 1. The van der Waals surface area contributed by atoms with Crippen molar-refractivity contribution in [2.24, 2.45) is 0 Å². The summed E-state index contributed by atoms with van der Waals surface area (Å²) < 4.78 is 2.30. The van der Waals surface area contributed by atoms with Crippen LogP contribution in [-0.2, 0) is 19.6 Å². The second kappa shape index (κ2) is 9.93. The zero-order valence-electron chi connectivity index (χ0n) is 20.4. The molecule has 0 saturated carbocycles. The van der Waals surface area contributed by atoms with E-state index in [0.717, 1.165) is 34.9 Å². The molecule has 2 amide bonds. The van der Waals surface area contributed by atoms with Crippen molar-refractivity contribution in [3.05, 3.63) is 104 Å². The minimum absolute atomic E-state index is 0.166. The molecule has 1 N–H and O–H groups in total. The Labute approximate surface area is 219 Å². The number of hydrogen-bond acceptors (Lipinski definition) is 4. The van der Waals surface area contributed by atoms with Gasteiger partial charge in [0.25, 0.3) is 11.8 Å². The highest BCUT2D eigenvalue weighted by molar-refractivity contribution is 7.10. The first kappa shape index (κ1) is 24.3. The molecule has 36 heavy (non-hydrogen) atoms. The van der Waals surface area contributed by atoms with E-state index >= 15 is 0 Å². The molecule has 2 aromatic heterocycles. The van der Waals surface area contributed by atoms with Crippen molar-refractivity contribution in [3.63, 3.8) is 0 Å². The van der Waals surface area contributed by atoms with Gasteiger partial charge in [0.1, 0.15) is 0 Å². The number of rotatable bonds is 5. The smallest absolute Gasteiger partial charge is 0.260 e. The molecule has 0 radical (unpaired) electrons. The minimum atomic E-state index is -0.215. The maximum atomic E-state index is 13.8. The van der Waals surface area contributed by atoms with Crippen molar-refractivity contribution in [3.8, 4) is 0 Å². The molecule has 1 aliphatic heterocycles. The molecule has 0 saturated heterocycles. The van der Waals surface area contributed by atoms with E-state index in [2.05, 4.69) is 41.0 Å². The molecule has 184 valence electrons. The molecule has 0 aliphatic carbocycles. The Morgan fingerprint density at radius 3 is 2.58 bits per heavy atom. The summed E-state index contributed by atoms with van der Waals surface area (Å²) >= 11 is 8.25. The number of nitrogens with one attached hydrogen (secondary N) is 1. The van der Waals surface area contributed by atoms with E-state index < -0.39 is 0 Å².